The number of nitrogens with one attached hydrogen (secondary N) is 1. The molecule has 0 atom stereocenters. The number of carbonyl (C=O) groups is 2. The Morgan fingerprint density at radius 2 is 1.61 bits per heavy atom. The molecule has 0 aliphatic heterocycles. The maximum absolute atomic E-state index is 12.9. The van der Waals surface area contributed by atoms with Gasteiger partial charge in [-0.2, -0.15) is 4.31 Å². The maximum Gasteiger partial charge on any atom is 0.338 e. The van der Waals surface area contributed by atoms with Crippen molar-refractivity contribution in [1.82, 2.24) is 4.31 Å². The SMILES string of the molecule is CCN(CC)S(=O)(=O)c1cc(C(=O)OCC(=O)Nc2ccc(S(N)(=O)=O)cc2)ccc1OC. The van der Waals surface area contributed by atoms with Crippen LogP contribution in [0, 0.1) is 0 Å². The van der Waals surface area contributed by atoms with E-state index in [1.807, 2.05) is 0 Å². The van der Waals surface area contributed by atoms with Crippen LogP contribution in [0.15, 0.2) is 52.3 Å². The third-order valence-electron chi connectivity index (χ3n) is 4.52. The highest BCUT2D eigenvalue weighted by Crippen LogP contribution is 2.28. The molecule has 0 saturated carbocycles. The first-order chi connectivity index (χ1) is 15.4. The van der Waals surface area contributed by atoms with E-state index in [2.05, 4.69) is 5.32 Å². The van der Waals surface area contributed by atoms with Crippen LogP contribution >= 0.6 is 0 Å². The molecule has 0 radical (unpaired) electrons. The summed E-state index contributed by atoms with van der Waals surface area (Å²) in [5.74, 6) is -1.52. The summed E-state index contributed by atoms with van der Waals surface area (Å²) in [6, 6.07) is 8.88. The van der Waals surface area contributed by atoms with Crippen molar-refractivity contribution in [3.8, 4) is 5.75 Å². The largest absolute Gasteiger partial charge is 0.495 e. The summed E-state index contributed by atoms with van der Waals surface area (Å²) < 4.78 is 59.6. The number of nitrogens with two attached hydrogens (primary N) is 1. The van der Waals surface area contributed by atoms with Crippen molar-refractivity contribution < 1.29 is 35.9 Å². The van der Waals surface area contributed by atoms with Crippen molar-refractivity contribution in [2.75, 3.05) is 32.1 Å². The molecule has 0 saturated heterocycles. The normalized spacial score (nSPS) is 11.8. The molecule has 3 N–H and O–H groups in total. The molecule has 11 nitrogen and oxygen atoms in total. The van der Waals surface area contributed by atoms with Gasteiger partial charge in [0.05, 0.1) is 17.6 Å². The van der Waals surface area contributed by atoms with Gasteiger partial charge in [-0.1, -0.05) is 13.8 Å². The summed E-state index contributed by atoms with van der Waals surface area (Å²) in [7, 11) is -6.47. The molecule has 2 aromatic rings. The number of methoxy groups -OCH3 is 1. The number of esters is 1. The first-order valence-electron chi connectivity index (χ1n) is 9.72. The standard InChI is InChI=1S/C20H25N3O8S2/c1-4-23(5-2)33(28,29)18-12-14(6-11-17(18)30-3)20(25)31-13-19(24)22-15-7-9-16(10-8-15)32(21,26)27/h6-12H,4-5,13H2,1-3H3,(H,22,24)(H2,21,26,27). The molecule has 2 aromatic carbocycles. The molecule has 33 heavy (non-hydrogen) atoms. The number of hydrogen-bond donors (Lipinski definition) is 2. The van der Waals surface area contributed by atoms with Crippen LogP contribution in [0.5, 0.6) is 5.75 Å². The first kappa shape index (κ1) is 26.3. The van der Waals surface area contributed by atoms with Gasteiger partial charge in [0.15, 0.2) is 6.61 Å². The summed E-state index contributed by atoms with van der Waals surface area (Å²) >= 11 is 0. The molecule has 13 heteroatoms. The highest BCUT2D eigenvalue weighted by atomic mass is 32.2. The van der Waals surface area contributed by atoms with E-state index in [4.69, 9.17) is 14.6 Å². The second-order valence-electron chi connectivity index (χ2n) is 6.65. The van der Waals surface area contributed by atoms with Crippen molar-refractivity contribution in [2.45, 2.75) is 23.6 Å². The zero-order valence-electron chi connectivity index (χ0n) is 18.3. The Kier molecular flexibility index (Phi) is 8.55. The van der Waals surface area contributed by atoms with Crippen molar-refractivity contribution >= 4 is 37.6 Å². The molecule has 180 valence electrons. The predicted molar refractivity (Wildman–Crippen MR) is 120 cm³/mol. The highest BCUT2D eigenvalue weighted by molar-refractivity contribution is 7.89. The van der Waals surface area contributed by atoms with E-state index < -0.39 is 38.5 Å². The Morgan fingerprint density at radius 3 is 2.12 bits per heavy atom. The van der Waals surface area contributed by atoms with Gasteiger partial charge in [0.1, 0.15) is 10.6 Å². The second-order valence-corrected chi connectivity index (χ2v) is 10.1. The number of sulfonamides is 2. The third kappa shape index (κ3) is 6.51. The number of benzene rings is 2. The fourth-order valence-corrected chi connectivity index (χ4v) is 5.00. The Labute approximate surface area is 192 Å². The molecule has 0 heterocycles. The molecule has 0 aliphatic rings. The van der Waals surface area contributed by atoms with Gasteiger partial charge in [0.25, 0.3) is 5.91 Å². The Bertz CT molecular complexity index is 1220. The Balaban J connectivity index is 2.11. The van der Waals surface area contributed by atoms with Gasteiger partial charge in [-0.25, -0.2) is 26.8 Å². The molecule has 0 fully saturated rings. The van der Waals surface area contributed by atoms with Gasteiger partial charge in [0.2, 0.25) is 20.0 Å². The molecule has 0 bridgehead atoms. The van der Waals surface area contributed by atoms with Gasteiger partial charge >= 0.3 is 5.97 Å². The van der Waals surface area contributed by atoms with Crippen molar-refractivity contribution in [3.63, 3.8) is 0 Å². The van der Waals surface area contributed by atoms with Crippen LogP contribution in [-0.4, -0.2) is 59.8 Å². The van der Waals surface area contributed by atoms with Gasteiger partial charge in [-0.3, -0.25) is 4.79 Å². The number of carbonyl (C=O) groups excluding carboxylic acids is 2. The van der Waals surface area contributed by atoms with Crippen LogP contribution in [0.3, 0.4) is 0 Å². The molecule has 2 rings (SSSR count). The third-order valence-corrected chi connectivity index (χ3v) is 7.52. The molecule has 0 unspecified atom stereocenters. The Morgan fingerprint density at radius 1 is 1.00 bits per heavy atom. The van der Waals surface area contributed by atoms with Crippen LogP contribution < -0.4 is 15.2 Å². The minimum atomic E-state index is -3.92. The number of ether oxygens (including phenoxy) is 2. The van der Waals surface area contributed by atoms with Gasteiger partial charge < -0.3 is 14.8 Å². The summed E-state index contributed by atoms with van der Waals surface area (Å²) in [4.78, 5) is 24.2. The van der Waals surface area contributed by atoms with Crippen LogP contribution in [0.4, 0.5) is 5.69 Å². The molecule has 0 aliphatic carbocycles. The average Bonchev–Trinajstić information content (AvgIpc) is 2.77. The fourth-order valence-electron chi connectivity index (χ4n) is 2.85. The van der Waals surface area contributed by atoms with Gasteiger partial charge in [0, 0.05) is 18.8 Å². The van der Waals surface area contributed by atoms with Crippen LogP contribution in [0.1, 0.15) is 24.2 Å². The van der Waals surface area contributed by atoms with Crippen LogP contribution in [-0.2, 0) is 29.6 Å². The highest BCUT2D eigenvalue weighted by Gasteiger charge is 2.27. The first-order valence-corrected chi connectivity index (χ1v) is 12.7. The zero-order chi connectivity index (χ0) is 24.8. The van der Waals surface area contributed by atoms with E-state index in [1.54, 1.807) is 13.8 Å². The summed E-state index contributed by atoms with van der Waals surface area (Å²) in [6.07, 6.45) is 0. The quantitative estimate of drug-likeness (QED) is 0.460. The molecular formula is C20H25N3O8S2. The minimum absolute atomic E-state index is 0.0686. The lowest BCUT2D eigenvalue weighted by Gasteiger charge is -2.20. The Hall–Kier alpha value is -3.00. The van der Waals surface area contributed by atoms with Gasteiger partial charge in [-0.05, 0) is 42.5 Å². The van der Waals surface area contributed by atoms with E-state index in [9.17, 15) is 26.4 Å². The van der Waals surface area contributed by atoms with Crippen molar-refractivity contribution in [3.05, 3.63) is 48.0 Å². The monoisotopic (exact) mass is 499 g/mol. The topological polar surface area (TPSA) is 162 Å². The lowest BCUT2D eigenvalue weighted by Crippen LogP contribution is -2.31. The van der Waals surface area contributed by atoms with E-state index >= 15 is 0 Å². The summed E-state index contributed by atoms with van der Waals surface area (Å²) in [5.41, 5.74) is 0.187. The molecule has 1 amide bonds. The van der Waals surface area contributed by atoms with E-state index in [1.165, 1.54) is 47.8 Å². The average molecular weight is 500 g/mol. The second kappa shape index (κ2) is 10.7. The van der Waals surface area contributed by atoms with Crippen molar-refractivity contribution in [1.29, 1.82) is 0 Å². The number of primary sulfonamides is 1. The zero-order valence-corrected chi connectivity index (χ0v) is 19.9. The number of rotatable bonds is 10. The number of hydrogen-bond acceptors (Lipinski definition) is 8. The number of amides is 1. The van der Waals surface area contributed by atoms with Gasteiger partial charge in [-0.15, -0.1) is 0 Å². The smallest absolute Gasteiger partial charge is 0.338 e. The molecule has 0 spiro atoms. The van der Waals surface area contributed by atoms with Crippen molar-refractivity contribution in [2.24, 2.45) is 5.14 Å². The lowest BCUT2D eigenvalue weighted by molar-refractivity contribution is -0.119. The lowest BCUT2D eigenvalue weighted by atomic mass is 10.2. The van der Waals surface area contributed by atoms with Crippen LogP contribution in [0.2, 0.25) is 0 Å². The number of anilines is 1. The number of nitrogens with zero attached hydrogens (tertiary/aromatic N) is 1. The predicted octanol–water partition coefficient (Wildman–Crippen LogP) is 1.17. The molecular weight excluding hydrogens is 474 g/mol. The van der Waals surface area contributed by atoms with E-state index in [-0.39, 0.29) is 39.9 Å². The molecule has 0 aromatic heterocycles. The van der Waals surface area contributed by atoms with E-state index in [0.29, 0.717) is 0 Å². The van der Waals surface area contributed by atoms with E-state index in [0.717, 1.165) is 6.07 Å². The maximum atomic E-state index is 12.9. The summed E-state index contributed by atoms with van der Waals surface area (Å²) in [5, 5.41) is 7.45. The fraction of sp³-hybridized carbons (Fsp3) is 0.300. The summed E-state index contributed by atoms with van der Waals surface area (Å²) in [6.45, 7) is 3.18. The van der Waals surface area contributed by atoms with Crippen LogP contribution in [0.25, 0.3) is 0 Å². The minimum Gasteiger partial charge on any atom is -0.495 e.